The molecule has 3 aromatic rings. The predicted molar refractivity (Wildman–Crippen MR) is 133 cm³/mol. The van der Waals surface area contributed by atoms with Crippen molar-refractivity contribution in [1.82, 2.24) is 0 Å². The predicted octanol–water partition coefficient (Wildman–Crippen LogP) is 5.22. The number of hydrogen-bond donors (Lipinski definition) is 2. The summed E-state index contributed by atoms with van der Waals surface area (Å²) in [5.74, 6) is 1.13. The Labute approximate surface area is 190 Å². The number of amidine groups is 1. The van der Waals surface area contributed by atoms with Crippen LogP contribution in [0, 0.1) is 12.3 Å². The van der Waals surface area contributed by atoms with E-state index >= 15 is 0 Å². The standard InChI is InChI=1S/C24H24N4O2.C2H6/c1-16-14-21(30-3)19(15-20(16)29-2)23(25)28-24(26)27-22(17-10-6-4-7-11-17)18-12-8-5-9-13-18;1-2/h4-15H,1-3H3,(H3,25,26,28);1-2H3. The molecule has 32 heavy (non-hydrogen) atoms. The van der Waals surface area contributed by atoms with Crippen LogP contribution in [0.3, 0.4) is 0 Å². The monoisotopic (exact) mass is 430 g/mol. The maximum absolute atomic E-state index is 8.34. The van der Waals surface area contributed by atoms with E-state index in [9.17, 15) is 0 Å². The van der Waals surface area contributed by atoms with Crippen LogP contribution in [0.15, 0.2) is 82.8 Å². The van der Waals surface area contributed by atoms with Gasteiger partial charge in [0.15, 0.2) is 0 Å². The molecule has 3 aromatic carbocycles. The van der Waals surface area contributed by atoms with Gasteiger partial charge < -0.3 is 15.2 Å². The van der Waals surface area contributed by atoms with Gasteiger partial charge in [-0.05, 0) is 24.6 Å². The van der Waals surface area contributed by atoms with Gasteiger partial charge in [0, 0.05) is 11.1 Å². The van der Waals surface area contributed by atoms with Crippen molar-refractivity contribution in [2.45, 2.75) is 20.8 Å². The van der Waals surface area contributed by atoms with E-state index < -0.39 is 0 Å². The number of ether oxygens (including phenoxy) is 2. The van der Waals surface area contributed by atoms with Gasteiger partial charge in [0.05, 0.1) is 25.5 Å². The summed E-state index contributed by atoms with van der Waals surface area (Å²) in [4.78, 5) is 8.66. The lowest BCUT2D eigenvalue weighted by molar-refractivity contribution is 0.400. The molecule has 3 N–H and O–H groups in total. The molecule has 0 aliphatic heterocycles. The molecule has 0 spiro atoms. The van der Waals surface area contributed by atoms with Gasteiger partial charge in [-0.3, -0.25) is 5.41 Å². The summed E-state index contributed by atoms with van der Waals surface area (Å²) in [5, 5.41) is 8.34. The first-order valence-corrected chi connectivity index (χ1v) is 10.4. The Balaban J connectivity index is 0.00000176. The molecule has 0 atom stereocenters. The maximum Gasteiger partial charge on any atom is 0.244 e. The Kier molecular flexibility index (Phi) is 9.17. The topological polar surface area (TPSA) is 93.1 Å². The van der Waals surface area contributed by atoms with Gasteiger partial charge in [-0.1, -0.05) is 74.5 Å². The Morgan fingerprint density at radius 2 is 1.28 bits per heavy atom. The van der Waals surface area contributed by atoms with Gasteiger partial charge in [0.2, 0.25) is 5.96 Å². The molecule has 0 saturated carbocycles. The Hall–Kier alpha value is -3.93. The SMILES string of the molecule is CC.COc1cc(/C(N)=N/C(=N)N=C(c2ccccc2)c2ccccc2)c(OC)cc1C. The molecule has 0 heterocycles. The zero-order valence-electron chi connectivity index (χ0n) is 19.2. The lowest BCUT2D eigenvalue weighted by atomic mass is 10.0. The number of rotatable bonds is 5. The fourth-order valence-corrected chi connectivity index (χ4v) is 3.04. The minimum Gasteiger partial charge on any atom is -0.496 e. The number of methoxy groups -OCH3 is 2. The van der Waals surface area contributed by atoms with Crippen molar-refractivity contribution in [3.63, 3.8) is 0 Å². The van der Waals surface area contributed by atoms with Crippen molar-refractivity contribution in [2.75, 3.05) is 14.2 Å². The molecular weight excluding hydrogens is 400 g/mol. The van der Waals surface area contributed by atoms with Crippen LogP contribution in [0.5, 0.6) is 11.5 Å². The second-order valence-electron chi connectivity index (χ2n) is 6.54. The van der Waals surface area contributed by atoms with Crippen molar-refractivity contribution in [1.29, 1.82) is 5.41 Å². The van der Waals surface area contributed by atoms with Crippen molar-refractivity contribution in [3.05, 3.63) is 95.1 Å². The number of nitrogens with one attached hydrogen (secondary N) is 1. The first-order chi connectivity index (χ1) is 15.5. The number of aryl methyl sites for hydroxylation is 1. The molecule has 166 valence electrons. The van der Waals surface area contributed by atoms with Crippen LogP contribution in [-0.2, 0) is 0 Å². The molecular formula is C26H30N4O2. The lowest BCUT2D eigenvalue weighted by Crippen LogP contribution is -2.17. The van der Waals surface area contributed by atoms with Crippen LogP contribution < -0.4 is 15.2 Å². The minimum atomic E-state index is -0.211. The molecule has 0 unspecified atom stereocenters. The zero-order valence-corrected chi connectivity index (χ0v) is 19.2. The van der Waals surface area contributed by atoms with E-state index in [4.69, 9.17) is 20.6 Å². The zero-order chi connectivity index (χ0) is 23.5. The molecule has 6 nitrogen and oxygen atoms in total. The summed E-state index contributed by atoms with van der Waals surface area (Å²) in [6, 6.07) is 22.9. The molecule has 0 aliphatic carbocycles. The first-order valence-electron chi connectivity index (χ1n) is 10.4. The van der Waals surface area contributed by atoms with Gasteiger partial charge in [-0.2, -0.15) is 4.99 Å². The van der Waals surface area contributed by atoms with Gasteiger partial charge in [-0.15, -0.1) is 0 Å². The fourth-order valence-electron chi connectivity index (χ4n) is 3.04. The summed E-state index contributed by atoms with van der Waals surface area (Å²) in [6.07, 6.45) is 0. The summed E-state index contributed by atoms with van der Waals surface area (Å²) in [7, 11) is 3.15. The Morgan fingerprint density at radius 1 is 0.781 bits per heavy atom. The van der Waals surface area contributed by atoms with Gasteiger partial charge in [0.1, 0.15) is 17.3 Å². The number of benzene rings is 3. The largest absolute Gasteiger partial charge is 0.496 e. The van der Waals surface area contributed by atoms with Crippen LogP contribution in [0.25, 0.3) is 0 Å². The third-order valence-corrected chi connectivity index (χ3v) is 4.53. The van der Waals surface area contributed by atoms with Crippen molar-refractivity contribution in [2.24, 2.45) is 15.7 Å². The summed E-state index contributed by atoms with van der Waals surface area (Å²) in [5.41, 5.74) is 10.1. The van der Waals surface area contributed by atoms with E-state index in [1.807, 2.05) is 87.5 Å². The van der Waals surface area contributed by atoms with Crippen molar-refractivity contribution in [3.8, 4) is 11.5 Å². The molecule has 0 aromatic heterocycles. The minimum absolute atomic E-state index is 0.124. The summed E-state index contributed by atoms with van der Waals surface area (Å²) < 4.78 is 10.8. The number of nitrogens with zero attached hydrogens (tertiary/aromatic N) is 2. The molecule has 0 fully saturated rings. The van der Waals surface area contributed by atoms with Crippen LogP contribution in [-0.4, -0.2) is 31.7 Å². The quantitative estimate of drug-likeness (QED) is 0.429. The van der Waals surface area contributed by atoms with Crippen LogP contribution >= 0.6 is 0 Å². The van der Waals surface area contributed by atoms with Gasteiger partial charge in [-0.25, -0.2) is 4.99 Å². The van der Waals surface area contributed by atoms with Crippen LogP contribution in [0.4, 0.5) is 0 Å². The van der Waals surface area contributed by atoms with E-state index in [1.54, 1.807) is 20.3 Å². The first kappa shape index (κ1) is 24.3. The normalized spacial score (nSPS) is 10.5. The van der Waals surface area contributed by atoms with Crippen molar-refractivity contribution >= 4 is 17.5 Å². The summed E-state index contributed by atoms with van der Waals surface area (Å²) >= 11 is 0. The van der Waals surface area contributed by atoms with Crippen LogP contribution in [0.1, 0.15) is 36.1 Å². The fraction of sp³-hybridized carbons (Fsp3) is 0.192. The second kappa shape index (κ2) is 12.1. The molecule has 0 bridgehead atoms. The molecule has 6 heteroatoms. The third-order valence-electron chi connectivity index (χ3n) is 4.53. The summed E-state index contributed by atoms with van der Waals surface area (Å²) in [6.45, 7) is 5.91. The van der Waals surface area contributed by atoms with E-state index in [0.29, 0.717) is 22.8 Å². The Morgan fingerprint density at radius 3 is 1.75 bits per heavy atom. The van der Waals surface area contributed by atoms with Crippen molar-refractivity contribution < 1.29 is 9.47 Å². The van der Waals surface area contributed by atoms with E-state index in [-0.39, 0.29) is 11.8 Å². The second-order valence-corrected chi connectivity index (χ2v) is 6.54. The number of aliphatic imine (C=N–C) groups is 2. The molecule has 0 radical (unpaired) electrons. The number of nitrogens with two attached hydrogens (primary N) is 1. The van der Waals surface area contributed by atoms with Gasteiger partial charge >= 0.3 is 0 Å². The van der Waals surface area contributed by atoms with E-state index in [1.165, 1.54) is 0 Å². The number of guanidine groups is 1. The lowest BCUT2D eigenvalue weighted by Gasteiger charge is -2.12. The smallest absolute Gasteiger partial charge is 0.244 e. The Bertz CT molecular complexity index is 1050. The molecule has 3 rings (SSSR count). The molecule has 0 amide bonds. The van der Waals surface area contributed by atoms with E-state index in [2.05, 4.69) is 9.98 Å². The van der Waals surface area contributed by atoms with Gasteiger partial charge in [0.25, 0.3) is 0 Å². The highest BCUT2D eigenvalue weighted by atomic mass is 16.5. The highest BCUT2D eigenvalue weighted by molar-refractivity contribution is 6.18. The van der Waals surface area contributed by atoms with E-state index in [0.717, 1.165) is 16.7 Å². The van der Waals surface area contributed by atoms with Crippen LogP contribution in [0.2, 0.25) is 0 Å². The third kappa shape index (κ3) is 6.04. The molecule has 0 saturated heterocycles. The highest BCUT2D eigenvalue weighted by Crippen LogP contribution is 2.28. The highest BCUT2D eigenvalue weighted by Gasteiger charge is 2.13. The number of hydrogen-bond acceptors (Lipinski definition) is 3. The average Bonchev–Trinajstić information content (AvgIpc) is 2.84. The molecule has 0 aliphatic rings. The average molecular weight is 431 g/mol. The maximum atomic E-state index is 8.34.